The summed E-state index contributed by atoms with van der Waals surface area (Å²) in [6, 6.07) is 0. The molecule has 9 heavy (non-hydrogen) atoms. The summed E-state index contributed by atoms with van der Waals surface area (Å²) in [7, 11) is 0. The van der Waals surface area contributed by atoms with Gasteiger partial charge in [-0.05, 0) is 0 Å². The van der Waals surface area contributed by atoms with Gasteiger partial charge in [-0.15, -0.1) is 0 Å². The summed E-state index contributed by atoms with van der Waals surface area (Å²) in [6.45, 7) is 0. The predicted octanol–water partition coefficient (Wildman–Crippen LogP) is -2.17. The first kappa shape index (κ1) is 6.95. The summed E-state index contributed by atoms with van der Waals surface area (Å²) in [5.41, 5.74) is 0. The molecule has 1 aliphatic rings. The molecular formula is C5H10O4. The third kappa shape index (κ3) is 1.07. The van der Waals surface area contributed by atoms with Crippen molar-refractivity contribution in [3.8, 4) is 0 Å². The molecular weight excluding hydrogens is 124 g/mol. The van der Waals surface area contributed by atoms with Crippen LogP contribution < -0.4 is 0 Å². The SMILES string of the molecule is O[C@@H]1[C@H](O)[C@@H](O)C[C@H]1O. The summed E-state index contributed by atoms with van der Waals surface area (Å²) in [5.74, 6) is 0. The lowest BCUT2D eigenvalue weighted by molar-refractivity contribution is -0.0413. The molecule has 0 aliphatic heterocycles. The van der Waals surface area contributed by atoms with Gasteiger partial charge in [0.2, 0.25) is 0 Å². The molecule has 0 bridgehead atoms. The van der Waals surface area contributed by atoms with Crippen molar-refractivity contribution < 1.29 is 20.4 Å². The van der Waals surface area contributed by atoms with Gasteiger partial charge in [0, 0.05) is 6.42 Å². The van der Waals surface area contributed by atoms with E-state index < -0.39 is 24.4 Å². The maximum Gasteiger partial charge on any atom is 0.108 e. The summed E-state index contributed by atoms with van der Waals surface area (Å²) < 4.78 is 0. The van der Waals surface area contributed by atoms with Crippen molar-refractivity contribution in [1.29, 1.82) is 0 Å². The van der Waals surface area contributed by atoms with Gasteiger partial charge in [0.1, 0.15) is 12.2 Å². The fraction of sp³-hybridized carbons (Fsp3) is 1.00. The molecule has 54 valence electrons. The van der Waals surface area contributed by atoms with Gasteiger partial charge in [0.05, 0.1) is 12.2 Å². The van der Waals surface area contributed by atoms with Crippen LogP contribution >= 0.6 is 0 Å². The van der Waals surface area contributed by atoms with Crippen LogP contribution in [0, 0.1) is 0 Å². The van der Waals surface area contributed by atoms with Crippen molar-refractivity contribution in [2.45, 2.75) is 30.8 Å². The molecule has 0 aromatic rings. The quantitative estimate of drug-likeness (QED) is 0.304. The van der Waals surface area contributed by atoms with Crippen LogP contribution in [0.15, 0.2) is 0 Å². The summed E-state index contributed by atoms with van der Waals surface area (Å²) in [4.78, 5) is 0. The first-order valence-corrected chi connectivity index (χ1v) is 2.85. The van der Waals surface area contributed by atoms with Crippen LogP contribution in [-0.4, -0.2) is 44.8 Å². The first-order chi connectivity index (χ1) is 4.13. The second kappa shape index (κ2) is 2.22. The van der Waals surface area contributed by atoms with E-state index in [1.54, 1.807) is 0 Å². The average Bonchev–Trinajstić information content (AvgIpc) is 1.98. The fourth-order valence-electron chi connectivity index (χ4n) is 0.981. The Kier molecular flexibility index (Phi) is 1.72. The Morgan fingerprint density at radius 1 is 0.778 bits per heavy atom. The molecule has 4 nitrogen and oxygen atoms in total. The second-order valence-electron chi connectivity index (χ2n) is 2.35. The van der Waals surface area contributed by atoms with E-state index in [4.69, 9.17) is 20.4 Å². The van der Waals surface area contributed by atoms with Gasteiger partial charge in [0.25, 0.3) is 0 Å². The zero-order valence-corrected chi connectivity index (χ0v) is 4.81. The van der Waals surface area contributed by atoms with Crippen LogP contribution in [0.2, 0.25) is 0 Å². The Morgan fingerprint density at radius 2 is 1.11 bits per heavy atom. The second-order valence-corrected chi connectivity index (χ2v) is 2.35. The smallest absolute Gasteiger partial charge is 0.108 e. The summed E-state index contributed by atoms with van der Waals surface area (Å²) >= 11 is 0. The normalized spacial score (nSPS) is 52.0. The largest absolute Gasteiger partial charge is 0.390 e. The molecule has 1 saturated carbocycles. The van der Waals surface area contributed by atoms with Crippen LogP contribution in [-0.2, 0) is 0 Å². The van der Waals surface area contributed by atoms with E-state index in [1.165, 1.54) is 0 Å². The molecule has 0 heterocycles. The molecule has 0 unspecified atom stereocenters. The monoisotopic (exact) mass is 134 g/mol. The predicted molar refractivity (Wildman–Crippen MR) is 28.6 cm³/mol. The van der Waals surface area contributed by atoms with Crippen molar-refractivity contribution in [1.82, 2.24) is 0 Å². The number of aliphatic hydroxyl groups excluding tert-OH is 4. The van der Waals surface area contributed by atoms with Gasteiger partial charge >= 0.3 is 0 Å². The Hall–Kier alpha value is -0.160. The lowest BCUT2D eigenvalue weighted by Gasteiger charge is -2.10. The van der Waals surface area contributed by atoms with Crippen LogP contribution in [0.25, 0.3) is 0 Å². The molecule has 1 aliphatic carbocycles. The molecule has 0 amide bonds. The van der Waals surface area contributed by atoms with Crippen molar-refractivity contribution >= 4 is 0 Å². The Bertz CT molecular complexity index is 93.1. The Morgan fingerprint density at radius 3 is 1.22 bits per heavy atom. The third-order valence-electron chi connectivity index (χ3n) is 1.62. The van der Waals surface area contributed by atoms with Crippen LogP contribution in [0.4, 0.5) is 0 Å². The van der Waals surface area contributed by atoms with E-state index in [0.717, 1.165) is 0 Å². The van der Waals surface area contributed by atoms with Gasteiger partial charge in [0.15, 0.2) is 0 Å². The van der Waals surface area contributed by atoms with Crippen LogP contribution in [0.3, 0.4) is 0 Å². The van der Waals surface area contributed by atoms with Crippen molar-refractivity contribution in [3.05, 3.63) is 0 Å². The van der Waals surface area contributed by atoms with Crippen molar-refractivity contribution in [2.24, 2.45) is 0 Å². The average molecular weight is 134 g/mol. The highest BCUT2D eigenvalue weighted by Crippen LogP contribution is 2.19. The van der Waals surface area contributed by atoms with Gasteiger partial charge in [-0.25, -0.2) is 0 Å². The van der Waals surface area contributed by atoms with E-state index in [0.29, 0.717) is 0 Å². The number of rotatable bonds is 0. The van der Waals surface area contributed by atoms with Crippen molar-refractivity contribution in [3.63, 3.8) is 0 Å². The molecule has 4 heteroatoms. The standard InChI is InChI=1S/C5H10O4/c6-2-1-3(7)5(9)4(2)8/h2-9H,1H2/t2-,3+,4+,5-. The molecule has 0 spiro atoms. The topological polar surface area (TPSA) is 80.9 Å². The minimum atomic E-state index is -1.18. The minimum absolute atomic E-state index is 0.0579. The molecule has 0 aromatic heterocycles. The summed E-state index contributed by atoms with van der Waals surface area (Å²) in [5, 5.41) is 35.1. The van der Waals surface area contributed by atoms with Gasteiger partial charge in [-0.2, -0.15) is 0 Å². The molecule has 1 fully saturated rings. The molecule has 0 radical (unpaired) electrons. The maximum absolute atomic E-state index is 8.78. The zero-order valence-electron chi connectivity index (χ0n) is 4.81. The fourth-order valence-corrected chi connectivity index (χ4v) is 0.981. The lowest BCUT2D eigenvalue weighted by Crippen LogP contribution is -2.32. The molecule has 0 aromatic carbocycles. The van der Waals surface area contributed by atoms with E-state index >= 15 is 0 Å². The minimum Gasteiger partial charge on any atom is -0.390 e. The van der Waals surface area contributed by atoms with Crippen LogP contribution in [0.1, 0.15) is 6.42 Å². The molecule has 1 rings (SSSR count). The first-order valence-electron chi connectivity index (χ1n) is 2.85. The van der Waals surface area contributed by atoms with Crippen LogP contribution in [0.5, 0.6) is 0 Å². The number of hydrogen-bond donors (Lipinski definition) is 4. The summed E-state index contributed by atoms with van der Waals surface area (Å²) in [6.07, 6.45) is -4.26. The Labute approximate surface area is 52.4 Å². The zero-order chi connectivity index (χ0) is 7.02. The maximum atomic E-state index is 8.78. The third-order valence-corrected chi connectivity index (χ3v) is 1.62. The highest BCUT2D eigenvalue weighted by molar-refractivity contribution is 4.90. The van der Waals surface area contributed by atoms with E-state index in [1.807, 2.05) is 0 Å². The van der Waals surface area contributed by atoms with E-state index in [9.17, 15) is 0 Å². The molecule has 4 N–H and O–H groups in total. The molecule has 4 atom stereocenters. The van der Waals surface area contributed by atoms with Crippen molar-refractivity contribution in [2.75, 3.05) is 0 Å². The Balaban J connectivity index is 2.54. The van der Waals surface area contributed by atoms with Gasteiger partial charge in [-0.3, -0.25) is 0 Å². The molecule has 0 saturated heterocycles. The van der Waals surface area contributed by atoms with Gasteiger partial charge < -0.3 is 20.4 Å². The van der Waals surface area contributed by atoms with Gasteiger partial charge in [-0.1, -0.05) is 0 Å². The highest BCUT2D eigenvalue weighted by atomic mass is 16.4. The highest BCUT2D eigenvalue weighted by Gasteiger charge is 2.39. The number of aliphatic hydroxyl groups is 4. The van der Waals surface area contributed by atoms with E-state index in [2.05, 4.69) is 0 Å². The van der Waals surface area contributed by atoms with E-state index in [-0.39, 0.29) is 6.42 Å². The lowest BCUT2D eigenvalue weighted by atomic mass is 10.2. The number of hydrogen-bond acceptors (Lipinski definition) is 4.